The monoisotopic (exact) mass is 488 g/mol. The van der Waals surface area contributed by atoms with Crippen LogP contribution < -0.4 is 9.47 Å². The number of para-hydroxylation sites is 2. The van der Waals surface area contributed by atoms with E-state index in [-0.39, 0.29) is 0 Å². The van der Waals surface area contributed by atoms with E-state index in [2.05, 4.69) is 55.1 Å². The van der Waals surface area contributed by atoms with E-state index in [9.17, 15) is 0 Å². The number of aromatic nitrogens is 2. The lowest BCUT2D eigenvalue weighted by atomic mass is 10.3. The minimum Gasteiger partial charge on any atom is -0.431 e. The molecule has 1 aromatic heterocycles. The molecular weight excluding hydrogens is 482 g/mol. The van der Waals surface area contributed by atoms with E-state index in [4.69, 9.17) is 9.47 Å². The Bertz CT molecular complexity index is 782. The Kier molecular flexibility index (Phi) is 2.95. The summed E-state index contributed by atoms with van der Waals surface area (Å²) in [7, 11) is 0. The van der Waals surface area contributed by atoms with Gasteiger partial charge in [0.15, 0.2) is 11.5 Å². The van der Waals surface area contributed by atoms with Crippen LogP contribution >= 0.6 is 45.2 Å². The maximum Gasteiger partial charge on any atom is 0.284 e. The highest BCUT2D eigenvalue weighted by Crippen LogP contribution is 2.43. The van der Waals surface area contributed by atoms with Crippen LogP contribution in [0.5, 0.6) is 23.3 Å². The van der Waals surface area contributed by atoms with Crippen molar-refractivity contribution in [2.75, 3.05) is 0 Å². The number of benzene rings is 2. The fourth-order valence-electron chi connectivity index (χ4n) is 2.00. The first-order chi connectivity index (χ1) is 9.72. The standard InChI is InChI=1S/C14H6I2N2O2/c15-7-5-6-8(16)12-11(7)17-13-14(18-12)20-10-4-2-1-3-9(10)19-13/h1-6H. The van der Waals surface area contributed by atoms with Gasteiger partial charge in [0.1, 0.15) is 11.0 Å². The van der Waals surface area contributed by atoms with Crippen LogP contribution in [0.2, 0.25) is 0 Å². The van der Waals surface area contributed by atoms with Gasteiger partial charge >= 0.3 is 0 Å². The maximum atomic E-state index is 5.78. The van der Waals surface area contributed by atoms with E-state index in [1.807, 2.05) is 36.4 Å². The predicted molar refractivity (Wildman–Crippen MR) is 91.6 cm³/mol. The fourth-order valence-corrected chi connectivity index (χ4v) is 3.11. The highest BCUT2D eigenvalue weighted by molar-refractivity contribution is 14.1. The van der Waals surface area contributed by atoms with Crippen LogP contribution in [0.4, 0.5) is 0 Å². The molecule has 0 fully saturated rings. The minimum atomic E-state index is 0.413. The molecule has 2 aromatic carbocycles. The first-order valence-corrected chi connectivity index (χ1v) is 7.98. The third-order valence-corrected chi connectivity index (χ3v) is 4.67. The molecule has 0 spiro atoms. The third-order valence-electron chi connectivity index (χ3n) is 2.92. The second-order valence-electron chi connectivity index (χ2n) is 4.21. The molecule has 0 bridgehead atoms. The average molecular weight is 488 g/mol. The van der Waals surface area contributed by atoms with Crippen LogP contribution in [0.15, 0.2) is 36.4 Å². The maximum absolute atomic E-state index is 5.78. The number of hydrogen-bond acceptors (Lipinski definition) is 4. The highest BCUT2D eigenvalue weighted by Gasteiger charge is 2.23. The lowest BCUT2D eigenvalue weighted by molar-refractivity contribution is 0.338. The summed E-state index contributed by atoms with van der Waals surface area (Å²) in [6.45, 7) is 0. The van der Waals surface area contributed by atoms with E-state index in [1.165, 1.54) is 0 Å². The van der Waals surface area contributed by atoms with Gasteiger partial charge in [-0.15, -0.1) is 0 Å². The Labute approximate surface area is 141 Å². The predicted octanol–water partition coefficient (Wildman–Crippen LogP) is 4.74. The van der Waals surface area contributed by atoms with Gasteiger partial charge in [0, 0.05) is 7.14 Å². The van der Waals surface area contributed by atoms with Gasteiger partial charge in [-0.3, -0.25) is 0 Å². The first-order valence-electron chi connectivity index (χ1n) is 5.83. The van der Waals surface area contributed by atoms with E-state index < -0.39 is 0 Å². The SMILES string of the molecule is Ic1ccc(I)c2nc3c(nc12)Oc1ccccc1O3. The first kappa shape index (κ1) is 12.6. The summed E-state index contributed by atoms with van der Waals surface area (Å²) in [5.41, 5.74) is 1.67. The van der Waals surface area contributed by atoms with Crippen LogP contribution in [0.3, 0.4) is 0 Å². The summed E-state index contributed by atoms with van der Waals surface area (Å²) >= 11 is 4.49. The molecule has 0 amide bonds. The van der Waals surface area contributed by atoms with Crippen LogP contribution in [-0.2, 0) is 0 Å². The Morgan fingerprint density at radius 3 is 1.60 bits per heavy atom. The van der Waals surface area contributed by atoms with Crippen LogP contribution in [0, 0.1) is 7.14 Å². The molecule has 4 nitrogen and oxygen atoms in total. The Morgan fingerprint density at radius 2 is 1.15 bits per heavy atom. The molecule has 0 saturated heterocycles. The van der Waals surface area contributed by atoms with Crippen molar-refractivity contribution in [1.29, 1.82) is 0 Å². The molecule has 20 heavy (non-hydrogen) atoms. The van der Waals surface area contributed by atoms with Crippen molar-refractivity contribution in [3.8, 4) is 23.3 Å². The van der Waals surface area contributed by atoms with Crippen molar-refractivity contribution >= 4 is 56.2 Å². The summed E-state index contributed by atoms with van der Waals surface area (Å²) in [4.78, 5) is 9.11. The minimum absolute atomic E-state index is 0.413. The molecule has 0 atom stereocenters. The molecule has 1 aliphatic heterocycles. The van der Waals surface area contributed by atoms with Crippen LogP contribution in [0.25, 0.3) is 11.0 Å². The molecule has 0 aliphatic carbocycles. The van der Waals surface area contributed by atoms with Crippen molar-refractivity contribution in [1.82, 2.24) is 9.97 Å². The van der Waals surface area contributed by atoms with Gasteiger partial charge in [-0.1, -0.05) is 12.1 Å². The molecule has 3 aromatic rings. The molecule has 0 radical (unpaired) electrons. The van der Waals surface area contributed by atoms with Crippen molar-refractivity contribution in [3.05, 3.63) is 43.5 Å². The number of nitrogens with zero attached hydrogens (tertiary/aromatic N) is 2. The number of fused-ring (bicyclic) bond motifs is 3. The third kappa shape index (κ3) is 1.93. The molecule has 2 heterocycles. The van der Waals surface area contributed by atoms with Crippen molar-refractivity contribution in [2.24, 2.45) is 0 Å². The van der Waals surface area contributed by atoms with Gasteiger partial charge in [0.2, 0.25) is 0 Å². The zero-order valence-corrected chi connectivity index (χ0v) is 14.2. The Balaban J connectivity index is 1.97. The lowest BCUT2D eigenvalue weighted by Crippen LogP contribution is -2.04. The normalized spacial score (nSPS) is 12.3. The van der Waals surface area contributed by atoms with Gasteiger partial charge in [-0.25, -0.2) is 9.97 Å². The summed E-state index contributed by atoms with van der Waals surface area (Å²) in [5.74, 6) is 2.15. The summed E-state index contributed by atoms with van der Waals surface area (Å²) in [6.07, 6.45) is 0. The number of rotatable bonds is 0. The highest BCUT2D eigenvalue weighted by atomic mass is 127. The summed E-state index contributed by atoms with van der Waals surface area (Å²) < 4.78 is 13.6. The number of halogens is 2. The van der Waals surface area contributed by atoms with Crippen LogP contribution in [-0.4, -0.2) is 9.97 Å². The van der Waals surface area contributed by atoms with Crippen molar-refractivity contribution < 1.29 is 9.47 Å². The second-order valence-corrected chi connectivity index (χ2v) is 6.54. The molecule has 6 heteroatoms. The van der Waals surface area contributed by atoms with Crippen LogP contribution in [0.1, 0.15) is 0 Å². The van der Waals surface area contributed by atoms with Gasteiger partial charge in [0.25, 0.3) is 11.8 Å². The van der Waals surface area contributed by atoms with E-state index in [1.54, 1.807) is 0 Å². The molecule has 0 N–H and O–H groups in total. The summed E-state index contributed by atoms with van der Waals surface area (Å²) in [5, 5.41) is 0. The van der Waals surface area contributed by atoms with E-state index in [0.29, 0.717) is 23.3 Å². The molecule has 4 rings (SSSR count). The zero-order valence-electron chi connectivity index (χ0n) is 9.93. The van der Waals surface area contributed by atoms with Gasteiger partial charge in [-0.05, 0) is 69.4 Å². The molecule has 98 valence electrons. The van der Waals surface area contributed by atoms with E-state index >= 15 is 0 Å². The zero-order chi connectivity index (χ0) is 13.7. The smallest absolute Gasteiger partial charge is 0.284 e. The molecule has 1 aliphatic rings. The largest absolute Gasteiger partial charge is 0.431 e. The van der Waals surface area contributed by atoms with Gasteiger partial charge in [-0.2, -0.15) is 0 Å². The van der Waals surface area contributed by atoms with Gasteiger partial charge in [0.05, 0.1) is 0 Å². The molecule has 0 saturated carbocycles. The molecule has 0 unspecified atom stereocenters. The molecular formula is C14H6I2N2O2. The summed E-state index contributed by atoms with van der Waals surface area (Å²) in [6, 6.07) is 11.5. The average Bonchev–Trinajstić information content (AvgIpc) is 2.47. The Morgan fingerprint density at radius 1 is 0.700 bits per heavy atom. The second kappa shape index (κ2) is 4.69. The van der Waals surface area contributed by atoms with Gasteiger partial charge < -0.3 is 9.47 Å². The lowest BCUT2D eigenvalue weighted by Gasteiger charge is -2.19. The topological polar surface area (TPSA) is 44.2 Å². The van der Waals surface area contributed by atoms with E-state index in [0.717, 1.165) is 18.2 Å². The quantitative estimate of drug-likeness (QED) is 0.336. The Hall–Kier alpha value is -1.16. The fraction of sp³-hybridized carbons (Fsp3) is 0. The number of hydrogen-bond donors (Lipinski definition) is 0. The number of ether oxygens (including phenoxy) is 2. The van der Waals surface area contributed by atoms with Crippen molar-refractivity contribution in [3.63, 3.8) is 0 Å². The van der Waals surface area contributed by atoms with Crippen molar-refractivity contribution in [2.45, 2.75) is 0 Å².